The van der Waals surface area contributed by atoms with Crippen molar-refractivity contribution < 1.29 is 33.1 Å². The Morgan fingerprint density at radius 2 is 1.49 bits per heavy atom. The van der Waals surface area contributed by atoms with Gasteiger partial charge in [-0.3, -0.25) is 24.1 Å². The molecule has 0 unspecified atom stereocenters. The molecule has 6 atom stereocenters. The Morgan fingerprint density at radius 1 is 0.844 bits per heavy atom. The topological polar surface area (TPSA) is 95.0 Å². The second-order valence-electron chi connectivity index (χ2n) is 11.8. The number of hydrogen-bond donors (Lipinski definition) is 1. The van der Waals surface area contributed by atoms with Crippen LogP contribution in [-0.4, -0.2) is 38.5 Å². The summed E-state index contributed by atoms with van der Waals surface area (Å²) in [4.78, 5) is 53.9. The number of phenolic OH excluding ortho intramolecular Hbond substituents is 1. The maximum Gasteiger partial charge on any atom is 0.258 e. The van der Waals surface area contributed by atoms with Gasteiger partial charge < -0.3 is 5.11 Å². The molecule has 0 spiro atoms. The van der Waals surface area contributed by atoms with Crippen LogP contribution < -0.4 is 9.80 Å². The molecule has 3 aromatic carbocycles. The Morgan fingerprint density at radius 3 is 2.13 bits per heavy atom. The Kier molecular flexibility index (Phi) is 6.58. The molecular weight excluding hydrogens is 625 g/mol. The molecule has 228 valence electrons. The first kappa shape index (κ1) is 29.4. The normalized spacial score (nSPS) is 30.6. The van der Waals surface area contributed by atoms with Crippen LogP contribution >= 0.6 is 23.2 Å². The average Bonchev–Trinajstić information content (AvgIpc) is 3.37. The molecule has 11 heteroatoms. The molecule has 0 radical (unpaired) electrons. The van der Waals surface area contributed by atoms with Gasteiger partial charge in [0.1, 0.15) is 5.82 Å². The smallest absolute Gasteiger partial charge is 0.258 e. The minimum absolute atomic E-state index is 0.0348. The Balaban J connectivity index is 1.38. The van der Waals surface area contributed by atoms with E-state index >= 15 is 0 Å². The highest BCUT2D eigenvalue weighted by atomic mass is 35.5. The number of rotatable bonds is 4. The van der Waals surface area contributed by atoms with Crippen LogP contribution in [0.25, 0.3) is 6.08 Å². The zero-order valence-corrected chi connectivity index (χ0v) is 24.9. The SMILES string of the molecule is C=Cc1ccc(N2C(=O)[C@H]3[C@H](CC=C4[C@H]3C[C@@]3(Cl)C(=O)N(c5ccc(F)cc5)C(=O)[C@@]3(Cl)[C@H]4c3ccc(O)c(F)c3)C2=O)cc1. The van der Waals surface area contributed by atoms with Gasteiger partial charge in [0.15, 0.2) is 21.3 Å². The predicted octanol–water partition coefficient (Wildman–Crippen LogP) is 6.08. The number of anilines is 2. The first-order valence-corrected chi connectivity index (χ1v) is 15.0. The quantitative estimate of drug-likeness (QED) is 0.210. The van der Waals surface area contributed by atoms with Gasteiger partial charge in [0.05, 0.1) is 23.2 Å². The molecule has 7 rings (SSSR count). The molecule has 4 amide bonds. The molecule has 1 saturated carbocycles. The minimum Gasteiger partial charge on any atom is -0.505 e. The number of carbonyl (C=O) groups excluding carboxylic acids is 4. The molecule has 4 aliphatic rings. The number of allylic oxidation sites excluding steroid dienone is 2. The summed E-state index contributed by atoms with van der Waals surface area (Å²) in [6, 6.07) is 14.9. The molecule has 0 bridgehead atoms. The molecule has 2 heterocycles. The number of aromatic hydroxyl groups is 1. The van der Waals surface area contributed by atoms with Gasteiger partial charge >= 0.3 is 0 Å². The van der Waals surface area contributed by atoms with Gasteiger partial charge in [0, 0.05) is 5.92 Å². The van der Waals surface area contributed by atoms with Crippen LogP contribution in [-0.2, 0) is 19.2 Å². The Bertz CT molecular complexity index is 1860. The largest absolute Gasteiger partial charge is 0.505 e. The first-order chi connectivity index (χ1) is 21.4. The number of benzene rings is 3. The monoisotopic (exact) mass is 648 g/mol. The second kappa shape index (κ2) is 10.1. The van der Waals surface area contributed by atoms with Crippen molar-refractivity contribution in [3.05, 3.63) is 108 Å². The van der Waals surface area contributed by atoms with E-state index < -0.39 is 74.4 Å². The minimum atomic E-state index is -2.20. The molecular formula is C34H24Cl2F2N2O5. The Hall–Kier alpha value is -4.34. The molecule has 3 fully saturated rings. The van der Waals surface area contributed by atoms with Gasteiger partial charge in [0.2, 0.25) is 11.8 Å². The molecule has 0 aromatic heterocycles. The summed E-state index contributed by atoms with van der Waals surface area (Å²) in [6.07, 6.45) is 3.23. The predicted molar refractivity (Wildman–Crippen MR) is 164 cm³/mol. The summed E-state index contributed by atoms with van der Waals surface area (Å²) >= 11 is 14.5. The van der Waals surface area contributed by atoms with Crippen LogP contribution in [0.5, 0.6) is 5.75 Å². The van der Waals surface area contributed by atoms with Crippen molar-refractivity contribution >= 4 is 64.3 Å². The van der Waals surface area contributed by atoms with Crippen LogP contribution in [0.15, 0.2) is 85.0 Å². The van der Waals surface area contributed by atoms with Crippen LogP contribution in [0.3, 0.4) is 0 Å². The van der Waals surface area contributed by atoms with Crippen LogP contribution in [0.4, 0.5) is 20.2 Å². The van der Waals surface area contributed by atoms with Crippen LogP contribution in [0, 0.1) is 29.4 Å². The van der Waals surface area contributed by atoms with Crippen molar-refractivity contribution in [1.82, 2.24) is 0 Å². The lowest BCUT2D eigenvalue weighted by Crippen LogP contribution is -2.60. The number of imide groups is 2. The fourth-order valence-corrected chi connectivity index (χ4v) is 8.42. The number of halogens is 4. The van der Waals surface area contributed by atoms with Crippen LogP contribution in [0.1, 0.15) is 29.9 Å². The summed E-state index contributed by atoms with van der Waals surface area (Å²) in [7, 11) is 0. The number of phenols is 1. The summed E-state index contributed by atoms with van der Waals surface area (Å²) in [6.45, 7) is 3.73. The molecule has 3 aromatic rings. The van der Waals surface area contributed by atoms with Crippen molar-refractivity contribution in [1.29, 1.82) is 0 Å². The highest BCUT2D eigenvalue weighted by molar-refractivity contribution is 6.58. The highest BCUT2D eigenvalue weighted by Gasteiger charge is 2.76. The lowest BCUT2D eigenvalue weighted by molar-refractivity contribution is -0.125. The van der Waals surface area contributed by atoms with E-state index in [1.807, 2.05) is 0 Å². The van der Waals surface area contributed by atoms with Gasteiger partial charge in [-0.1, -0.05) is 42.5 Å². The van der Waals surface area contributed by atoms with Crippen molar-refractivity contribution in [2.45, 2.75) is 28.5 Å². The third kappa shape index (κ3) is 3.93. The van der Waals surface area contributed by atoms with Gasteiger partial charge in [-0.05, 0) is 78.4 Å². The van der Waals surface area contributed by atoms with Crippen molar-refractivity contribution in [2.75, 3.05) is 9.80 Å². The lowest BCUT2D eigenvalue weighted by Gasteiger charge is -2.50. The van der Waals surface area contributed by atoms with Gasteiger partial charge in [-0.2, -0.15) is 0 Å². The van der Waals surface area contributed by atoms with E-state index in [1.165, 1.54) is 18.2 Å². The standard InChI is InChI=1S/C34H24Cl2F2N2O5/c1-2-17-3-8-20(9-4-17)39-29(42)23-13-12-22-24(27(23)30(39)43)16-33(35)31(44)40(21-10-6-19(37)7-11-21)32(45)34(33,36)28(22)18-5-14-26(41)25(38)15-18/h2-12,14-15,23-24,27-28,41H,1,13,16H2/t23-,24+,27-,28-,33+,34-/m0/s1. The molecule has 2 aliphatic carbocycles. The third-order valence-corrected chi connectivity index (χ3v) is 11.0. The third-order valence-electron chi connectivity index (χ3n) is 9.59. The van der Waals surface area contributed by atoms with E-state index in [1.54, 1.807) is 36.4 Å². The van der Waals surface area contributed by atoms with Crippen molar-refractivity contribution in [2.24, 2.45) is 17.8 Å². The van der Waals surface area contributed by atoms with E-state index in [4.69, 9.17) is 23.2 Å². The summed E-state index contributed by atoms with van der Waals surface area (Å²) in [5.74, 6) is -8.66. The number of fused-ring (bicyclic) bond motifs is 4. The molecule has 1 N–H and O–H groups in total. The Labute approximate surface area is 266 Å². The maximum atomic E-state index is 14.8. The molecule has 2 saturated heterocycles. The summed E-state index contributed by atoms with van der Waals surface area (Å²) in [5.41, 5.74) is 1.83. The van der Waals surface area contributed by atoms with E-state index in [-0.39, 0.29) is 24.1 Å². The van der Waals surface area contributed by atoms with E-state index in [0.29, 0.717) is 11.3 Å². The molecule has 2 aliphatic heterocycles. The summed E-state index contributed by atoms with van der Waals surface area (Å²) in [5, 5.41) is 9.94. The average molecular weight is 649 g/mol. The number of nitrogens with zero attached hydrogens (tertiary/aromatic N) is 2. The van der Waals surface area contributed by atoms with E-state index in [2.05, 4.69) is 6.58 Å². The summed E-state index contributed by atoms with van der Waals surface area (Å²) < 4.78 is 28.6. The fourth-order valence-electron chi connectivity index (χ4n) is 7.49. The van der Waals surface area contributed by atoms with Gasteiger partial charge in [0.25, 0.3) is 11.8 Å². The zero-order chi connectivity index (χ0) is 32.0. The number of alkyl halides is 2. The van der Waals surface area contributed by atoms with Gasteiger partial charge in [-0.25, -0.2) is 13.7 Å². The van der Waals surface area contributed by atoms with E-state index in [0.717, 1.165) is 39.6 Å². The van der Waals surface area contributed by atoms with Crippen molar-refractivity contribution in [3.8, 4) is 5.75 Å². The molecule has 45 heavy (non-hydrogen) atoms. The van der Waals surface area contributed by atoms with Crippen molar-refractivity contribution in [3.63, 3.8) is 0 Å². The first-order valence-electron chi connectivity index (χ1n) is 14.2. The lowest BCUT2D eigenvalue weighted by atomic mass is 9.56. The number of carbonyl (C=O) groups is 4. The highest BCUT2D eigenvalue weighted by Crippen LogP contribution is 2.66. The van der Waals surface area contributed by atoms with E-state index in [9.17, 15) is 33.1 Å². The molecule has 7 nitrogen and oxygen atoms in total. The number of hydrogen-bond acceptors (Lipinski definition) is 5. The zero-order valence-electron chi connectivity index (χ0n) is 23.4. The number of amides is 4. The van der Waals surface area contributed by atoms with Crippen LogP contribution in [0.2, 0.25) is 0 Å². The van der Waals surface area contributed by atoms with Gasteiger partial charge in [-0.15, -0.1) is 23.2 Å². The second-order valence-corrected chi connectivity index (χ2v) is 13.0. The maximum absolute atomic E-state index is 14.8. The fraction of sp³-hybridized carbons (Fsp3) is 0.235.